The Hall–Kier alpha value is -0.520. The highest BCUT2D eigenvalue weighted by molar-refractivity contribution is 5.29. The first-order valence-corrected chi connectivity index (χ1v) is 4.49. The molecule has 62 valence electrons. The van der Waals surface area contributed by atoms with Crippen LogP contribution in [-0.2, 0) is 0 Å². The van der Waals surface area contributed by atoms with Gasteiger partial charge in [0.1, 0.15) is 0 Å². The Bertz CT molecular complexity index is 194. The van der Waals surface area contributed by atoms with Crippen LogP contribution in [0.4, 0.5) is 0 Å². The Morgan fingerprint density at radius 1 is 1.45 bits per heavy atom. The Labute approximate surface area is 70.0 Å². The molecule has 0 aromatic heterocycles. The van der Waals surface area contributed by atoms with Crippen molar-refractivity contribution < 1.29 is 0 Å². The zero-order valence-electron chi connectivity index (χ0n) is 8.02. The Kier molecular flexibility index (Phi) is 2.53. The van der Waals surface area contributed by atoms with E-state index < -0.39 is 0 Å². The van der Waals surface area contributed by atoms with Crippen LogP contribution < -0.4 is 0 Å². The van der Waals surface area contributed by atoms with Crippen molar-refractivity contribution in [2.75, 3.05) is 0 Å². The zero-order chi connectivity index (χ0) is 8.43. The first-order chi connectivity index (χ1) is 5.11. The third-order valence-corrected chi connectivity index (χ3v) is 2.55. The topological polar surface area (TPSA) is 0 Å². The summed E-state index contributed by atoms with van der Waals surface area (Å²) in [5, 5.41) is 0. The molecule has 0 amide bonds. The van der Waals surface area contributed by atoms with Crippen molar-refractivity contribution in [2.24, 2.45) is 11.8 Å². The standard InChI is InChI=1S/C11H18/c1-8(2)11-6-5-9(3)10(4)7-11/h6-9H,5H2,1-4H3. The summed E-state index contributed by atoms with van der Waals surface area (Å²) in [5.74, 6) is 1.45. The second kappa shape index (κ2) is 3.25. The summed E-state index contributed by atoms with van der Waals surface area (Å²) < 4.78 is 0. The molecule has 0 spiro atoms. The summed E-state index contributed by atoms with van der Waals surface area (Å²) in [5.41, 5.74) is 3.05. The lowest BCUT2D eigenvalue weighted by atomic mass is 9.87. The van der Waals surface area contributed by atoms with E-state index >= 15 is 0 Å². The molecule has 0 heteroatoms. The highest BCUT2D eigenvalue weighted by Gasteiger charge is 2.10. The van der Waals surface area contributed by atoms with Gasteiger partial charge in [-0.05, 0) is 30.8 Å². The van der Waals surface area contributed by atoms with Crippen molar-refractivity contribution in [1.29, 1.82) is 0 Å². The van der Waals surface area contributed by atoms with Gasteiger partial charge in [-0.2, -0.15) is 0 Å². The van der Waals surface area contributed by atoms with Crippen molar-refractivity contribution in [3.63, 3.8) is 0 Å². The molecular formula is C11H18. The van der Waals surface area contributed by atoms with Gasteiger partial charge in [0.25, 0.3) is 0 Å². The summed E-state index contributed by atoms with van der Waals surface area (Å²) >= 11 is 0. The molecule has 0 aromatic carbocycles. The van der Waals surface area contributed by atoms with Gasteiger partial charge in [-0.25, -0.2) is 0 Å². The van der Waals surface area contributed by atoms with Crippen LogP contribution in [0.5, 0.6) is 0 Å². The lowest BCUT2D eigenvalue weighted by Crippen LogP contribution is -2.04. The molecule has 0 saturated carbocycles. The summed E-state index contributed by atoms with van der Waals surface area (Å²) in [6, 6.07) is 0. The van der Waals surface area contributed by atoms with Crippen molar-refractivity contribution in [2.45, 2.75) is 34.1 Å². The smallest absolute Gasteiger partial charge is 0.0196 e. The maximum atomic E-state index is 2.38. The van der Waals surface area contributed by atoms with E-state index in [1.807, 2.05) is 0 Å². The molecule has 1 aliphatic rings. The molecular weight excluding hydrogens is 132 g/mol. The van der Waals surface area contributed by atoms with Crippen LogP contribution in [0.1, 0.15) is 34.1 Å². The lowest BCUT2D eigenvalue weighted by Gasteiger charge is -2.19. The highest BCUT2D eigenvalue weighted by atomic mass is 14.2. The van der Waals surface area contributed by atoms with E-state index in [2.05, 4.69) is 39.8 Å². The van der Waals surface area contributed by atoms with Gasteiger partial charge in [-0.15, -0.1) is 0 Å². The molecule has 1 unspecified atom stereocenters. The summed E-state index contributed by atoms with van der Waals surface area (Å²) in [6.45, 7) is 9.04. The summed E-state index contributed by atoms with van der Waals surface area (Å²) in [6.07, 6.45) is 5.96. The van der Waals surface area contributed by atoms with Crippen LogP contribution in [0.25, 0.3) is 0 Å². The second-order valence-corrected chi connectivity index (χ2v) is 3.88. The van der Waals surface area contributed by atoms with E-state index in [4.69, 9.17) is 0 Å². The molecule has 0 aliphatic heterocycles. The van der Waals surface area contributed by atoms with E-state index in [1.165, 1.54) is 17.6 Å². The molecule has 0 saturated heterocycles. The van der Waals surface area contributed by atoms with Gasteiger partial charge in [0.15, 0.2) is 0 Å². The van der Waals surface area contributed by atoms with Gasteiger partial charge in [0.2, 0.25) is 0 Å². The molecule has 0 heterocycles. The van der Waals surface area contributed by atoms with Gasteiger partial charge in [0.05, 0.1) is 0 Å². The number of hydrogen-bond donors (Lipinski definition) is 0. The van der Waals surface area contributed by atoms with Crippen molar-refractivity contribution in [3.05, 3.63) is 23.3 Å². The third-order valence-electron chi connectivity index (χ3n) is 2.55. The Morgan fingerprint density at radius 2 is 2.09 bits per heavy atom. The first-order valence-electron chi connectivity index (χ1n) is 4.49. The van der Waals surface area contributed by atoms with Crippen molar-refractivity contribution in [3.8, 4) is 0 Å². The number of allylic oxidation sites excluding steroid dienone is 4. The minimum atomic E-state index is 0.692. The van der Waals surface area contributed by atoms with Gasteiger partial charge >= 0.3 is 0 Å². The molecule has 0 fully saturated rings. The van der Waals surface area contributed by atoms with Gasteiger partial charge in [-0.3, -0.25) is 0 Å². The maximum absolute atomic E-state index is 2.38. The zero-order valence-corrected chi connectivity index (χ0v) is 8.02. The third kappa shape index (κ3) is 1.95. The minimum absolute atomic E-state index is 0.692. The molecule has 0 radical (unpaired) electrons. The molecule has 1 aliphatic carbocycles. The molecule has 0 aromatic rings. The SMILES string of the molecule is CC1=CC(C(C)C)=CCC1C. The van der Waals surface area contributed by atoms with Crippen molar-refractivity contribution >= 4 is 0 Å². The number of hydrogen-bond acceptors (Lipinski definition) is 0. The van der Waals surface area contributed by atoms with Crippen LogP contribution >= 0.6 is 0 Å². The van der Waals surface area contributed by atoms with Crippen LogP contribution in [0.15, 0.2) is 23.3 Å². The van der Waals surface area contributed by atoms with E-state index in [-0.39, 0.29) is 0 Å². The lowest BCUT2D eigenvalue weighted by molar-refractivity contribution is 0.659. The van der Waals surface area contributed by atoms with E-state index in [9.17, 15) is 0 Å². The summed E-state index contributed by atoms with van der Waals surface area (Å²) in [7, 11) is 0. The average Bonchev–Trinajstić information content (AvgIpc) is 1.94. The van der Waals surface area contributed by atoms with Crippen LogP contribution in [-0.4, -0.2) is 0 Å². The summed E-state index contributed by atoms with van der Waals surface area (Å²) in [4.78, 5) is 0. The molecule has 1 atom stereocenters. The average molecular weight is 150 g/mol. The largest absolute Gasteiger partial charge is 0.0805 e. The monoisotopic (exact) mass is 150 g/mol. The fourth-order valence-corrected chi connectivity index (χ4v) is 1.37. The second-order valence-electron chi connectivity index (χ2n) is 3.88. The Balaban J connectivity index is 2.74. The quantitative estimate of drug-likeness (QED) is 0.536. The molecule has 0 bridgehead atoms. The molecule has 11 heavy (non-hydrogen) atoms. The van der Waals surface area contributed by atoms with Gasteiger partial charge in [0, 0.05) is 0 Å². The molecule has 0 N–H and O–H groups in total. The fraction of sp³-hybridized carbons (Fsp3) is 0.636. The molecule has 1 rings (SSSR count). The minimum Gasteiger partial charge on any atom is -0.0805 e. The Morgan fingerprint density at radius 3 is 2.55 bits per heavy atom. The predicted molar refractivity (Wildman–Crippen MR) is 50.5 cm³/mol. The van der Waals surface area contributed by atoms with Crippen LogP contribution in [0, 0.1) is 11.8 Å². The maximum Gasteiger partial charge on any atom is -0.0196 e. The van der Waals surface area contributed by atoms with E-state index in [1.54, 1.807) is 0 Å². The van der Waals surface area contributed by atoms with Crippen molar-refractivity contribution in [1.82, 2.24) is 0 Å². The van der Waals surface area contributed by atoms with E-state index in [0.29, 0.717) is 5.92 Å². The predicted octanol–water partition coefficient (Wildman–Crippen LogP) is 3.55. The highest BCUT2D eigenvalue weighted by Crippen LogP contribution is 2.26. The van der Waals surface area contributed by atoms with Crippen LogP contribution in [0.3, 0.4) is 0 Å². The first kappa shape index (κ1) is 8.58. The normalized spacial score (nSPS) is 25.0. The van der Waals surface area contributed by atoms with Gasteiger partial charge in [-0.1, -0.05) is 38.5 Å². The molecule has 0 nitrogen and oxygen atoms in total. The van der Waals surface area contributed by atoms with Crippen LogP contribution in [0.2, 0.25) is 0 Å². The van der Waals surface area contributed by atoms with E-state index in [0.717, 1.165) is 5.92 Å². The number of rotatable bonds is 1. The fourth-order valence-electron chi connectivity index (χ4n) is 1.37. The van der Waals surface area contributed by atoms with Gasteiger partial charge < -0.3 is 0 Å².